The van der Waals surface area contributed by atoms with Gasteiger partial charge in [0.1, 0.15) is 17.5 Å². The zero-order valence-corrected chi connectivity index (χ0v) is 20.1. The Kier molecular flexibility index (Phi) is 6.38. The molecule has 0 aromatic carbocycles. The Morgan fingerprint density at radius 2 is 2.03 bits per heavy atom. The van der Waals surface area contributed by atoms with E-state index in [0.717, 1.165) is 28.2 Å². The second-order valence-corrected chi connectivity index (χ2v) is 11.4. The number of amides is 1. The fourth-order valence-electron chi connectivity index (χ4n) is 4.19. The topological polar surface area (TPSA) is 116 Å². The largest absolute Gasteiger partial charge is 0.444 e. The molecule has 186 valence electrons. The van der Waals surface area contributed by atoms with Gasteiger partial charge in [-0.3, -0.25) is 4.90 Å². The van der Waals surface area contributed by atoms with E-state index in [-0.39, 0.29) is 18.2 Å². The van der Waals surface area contributed by atoms with Gasteiger partial charge in [-0.25, -0.2) is 22.6 Å². The van der Waals surface area contributed by atoms with E-state index in [1.807, 2.05) is 4.90 Å². The molecule has 2 aromatic heterocycles. The summed E-state index contributed by atoms with van der Waals surface area (Å²) in [6.45, 7) is 6.18. The van der Waals surface area contributed by atoms with Gasteiger partial charge in [-0.05, 0) is 33.3 Å². The van der Waals surface area contributed by atoms with Gasteiger partial charge in [0.25, 0.3) is 10.0 Å². The summed E-state index contributed by atoms with van der Waals surface area (Å²) in [7, 11) is -3.48. The minimum Gasteiger partial charge on any atom is -0.444 e. The number of halogens is 2. The van der Waals surface area contributed by atoms with Crippen molar-refractivity contribution in [3.05, 3.63) is 47.0 Å². The molecule has 2 aliphatic rings. The number of carbonyl (C=O) groups excluding carboxylic acids is 1. The van der Waals surface area contributed by atoms with Crippen LogP contribution < -0.4 is 5.32 Å². The van der Waals surface area contributed by atoms with E-state index in [1.54, 1.807) is 20.8 Å². The van der Waals surface area contributed by atoms with Crippen molar-refractivity contribution in [2.75, 3.05) is 12.9 Å². The monoisotopic (exact) mass is 499 g/mol. The molecule has 1 amide bonds. The summed E-state index contributed by atoms with van der Waals surface area (Å²) in [5.41, 5.74) is 0.589. The second-order valence-electron chi connectivity index (χ2n) is 9.57. The molecular weight excluding hydrogens is 472 g/mol. The normalized spacial score (nSPS) is 23.5. The van der Waals surface area contributed by atoms with Crippen LogP contribution in [-0.2, 0) is 32.6 Å². The van der Waals surface area contributed by atoms with Crippen molar-refractivity contribution in [3.8, 4) is 0 Å². The molecule has 10 nitrogen and oxygen atoms in total. The highest BCUT2D eigenvalue weighted by Gasteiger charge is 2.40. The lowest BCUT2D eigenvalue weighted by Gasteiger charge is -2.40. The van der Waals surface area contributed by atoms with Crippen molar-refractivity contribution in [2.24, 2.45) is 0 Å². The fraction of sp³-hybridized carbons (Fsp3) is 0.571. The molecule has 1 fully saturated rings. The van der Waals surface area contributed by atoms with Crippen LogP contribution in [0, 0.1) is 11.8 Å². The number of nitrogens with zero attached hydrogens (tertiary/aromatic N) is 4. The molecule has 0 saturated carbocycles. The van der Waals surface area contributed by atoms with Crippen LogP contribution >= 0.6 is 0 Å². The Balaban J connectivity index is 1.53. The summed E-state index contributed by atoms with van der Waals surface area (Å²) in [6.07, 6.45) is 2.03. The number of ether oxygens (including phenoxy) is 2. The lowest BCUT2D eigenvalue weighted by atomic mass is 9.93. The van der Waals surface area contributed by atoms with Crippen molar-refractivity contribution in [1.29, 1.82) is 0 Å². The number of pyridine rings is 1. The predicted octanol–water partition coefficient (Wildman–Crippen LogP) is 2.10. The van der Waals surface area contributed by atoms with Crippen LogP contribution in [0.5, 0.6) is 0 Å². The van der Waals surface area contributed by atoms with Crippen LogP contribution in [0.25, 0.3) is 0 Å². The van der Waals surface area contributed by atoms with Gasteiger partial charge in [0.15, 0.2) is 0 Å². The predicted molar refractivity (Wildman–Crippen MR) is 116 cm³/mol. The Hall–Kier alpha value is -2.64. The van der Waals surface area contributed by atoms with Gasteiger partial charge in [0, 0.05) is 36.5 Å². The Morgan fingerprint density at radius 3 is 2.68 bits per heavy atom. The third kappa shape index (κ3) is 5.36. The zero-order chi connectivity index (χ0) is 24.8. The van der Waals surface area contributed by atoms with Gasteiger partial charge in [-0.1, -0.05) is 0 Å². The van der Waals surface area contributed by atoms with Crippen molar-refractivity contribution in [1.82, 2.24) is 24.4 Å². The summed E-state index contributed by atoms with van der Waals surface area (Å²) in [6, 6.07) is 0.0913. The third-order valence-corrected chi connectivity index (χ3v) is 6.51. The first-order chi connectivity index (χ1) is 15.8. The van der Waals surface area contributed by atoms with E-state index in [0.29, 0.717) is 25.2 Å². The molecule has 2 aliphatic heterocycles. The average molecular weight is 500 g/mol. The van der Waals surface area contributed by atoms with Gasteiger partial charge in [-0.2, -0.15) is 13.6 Å². The quantitative estimate of drug-likeness (QED) is 0.636. The summed E-state index contributed by atoms with van der Waals surface area (Å²) in [5, 5.41) is 6.89. The summed E-state index contributed by atoms with van der Waals surface area (Å²) >= 11 is 0. The van der Waals surface area contributed by atoms with Gasteiger partial charge in [0.2, 0.25) is 5.95 Å². The Morgan fingerprint density at radius 1 is 1.29 bits per heavy atom. The van der Waals surface area contributed by atoms with E-state index < -0.39 is 45.6 Å². The molecule has 3 atom stereocenters. The molecule has 0 radical (unpaired) electrons. The van der Waals surface area contributed by atoms with Crippen LogP contribution in [0.2, 0.25) is 0 Å². The second kappa shape index (κ2) is 8.86. The van der Waals surface area contributed by atoms with Crippen molar-refractivity contribution >= 4 is 16.1 Å². The Labute approximate surface area is 196 Å². The lowest BCUT2D eigenvalue weighted by molar-refractivity contribution is -0.0631. The maximum atomic E-state index is 14.4. The number of nitrogens with one attached hydrogen (secondary N) is 1. The van der Waals surface area contributed by atoms with E-state index in [2.05, 4.69) is 15.4 Å². The molecule has 4 heterocycles. The van der Waals surface area contributed by atoms with E-state index >= 15 is 0 Å². The standard InChI is InChI=1S/C21H27F2N5O5S/c1-21(2,3)33-20(29)25-16-6-14(11-32-18(16)15-5-13(22)7-24-19(15)23)27-8-12-9-28(34(4,30)31)26-17(12)10-27/h5,7,9,14,16,18H,6,8,10-11H2,1-4H3,(H,25,29). The first-order valence-electron chi connectivity index (χ1n) is 10.7. The van der Waals surface area contributed by atoms with Crippen LogP contribution in [-0.4, -0.2) is 64.1 Å². The van der Waals surface area contributed by atoms with Gasteiger partial charge in [0.05, 0.1) is 30.8 Å². The van der Waals surface area contributed by atoms with Gasteiger partial charge < -0.3 is 14.8 Å². The summed E-state index contributed by atoms with van der Waals surface area (Å²) in [5.74, 6) is -1.59. The molecule has 0 aliphatic carbocycles. The van der Waals surface area contributed by atoms with Crippen LogP contribution in [0.3, 0.4) is 0 Å². The van der Waals surface area contributed by atoms with Crippen LogP contribution in [0.1, 0.15) is 50.1 Å². The summed E-state index contributed by atoms with van der Waals surface area (Å²) < 4.78 is 64.0. The molecule has 3 unspecified atom stereocenters. The molecular formula is C21H27F2N5O5S. The number of aromatic nitrogens is 3. The van der Waals surface area contributed by atoms with E-state index in [1.165, 1.54) is 6.20 Å². The van der Waals surface area contributed by atoms with Gasteiger partial charge in [-0.15, -0.1) is 0 Å². The molecule has 13 heteroatoms. The number of carbonyl (C=O) groups is 1. The first-order valence-corrected chi connectivity index (χ1v) is 12.6. The number of rotatable bonds is 4. The highest BCUT2D eigenvalue weighted by molar-refractivity contribution is 7.89. The highest BCUT2D eigenvalue weighted by atomic mass is 32.2. The highest BCUT2D eigenvalue weighted by Crippen LogP contribution is 2.35. The van der Waals surface area contributed by atoms with Crippen molar-refractivity contribution in [2.45, 2.75) is 64.1 Å². The maximum absolute atomic E-state index is 14.4. The fourth-order valence-corrected chi connectivity index (χ4v) is 4.75. The van der Waals surface area contributed by atoms with Crippen molar-refractivity contribution in [3.63, 3.8) is 0 Å². The number of hydrogen-bond donors (Lipinski definition) is 1. The molecule has 1 N–H and O–H groups in total. The van der Waals surface area contributed by atoms with E-state index in [9.17, 15) is 22.0 Å². The Bertz CT molecular complexity index is 1170. The first kappa shape index (κ1) is 24.5. The molecule has 1 saturated heterocycles. The number of hydrogen-bond acceptors (Lipinski definition) is 8. The molecule has 0 bridgehead atoms. The molecule has 4 rings (SSSR count). The third-order valence-electron chi connectivity index (χ3n) is 5.64. The number of fused-ring (bicyclic) bond motifs is 1. The van der Waals surface area contributed by atoms with Crippen molar-refractivity contribution < 1.29 is 31.5 Å². The minimum absolute atomic E-state index is 0.0892. The minimum atomic E-state index is -3.48. The van der Waals surface area contributed by atoms with Gasteiger partial charge >= 0.3 is 6.09 Å². The molecule has 0 spiro atoms. The number of alkyl carbamates (subject to hydrolysis) is 1. The van der Waals surface area contributed by atoms with E-state index in [4.69, 9.17) is 9.47 Å². The zero-order valence-electron chi connectivity index (χ0n) is 19.3. The lowest BCUT2D eigenvalue weighted by Crippen LogP contribution is -2.52. The maximum Gasteiger partial charge on any atom is 0.407 e. The molecule has 34 heavy (non-hydrogen) atoms. The van der Waals surface area contributed by atoms with Crippen LogP contribution in [0.4, 0.5) is 13.6 Å². The summed E-state index contributed by atoms with van der Waals surface area (Å²) in [4.78, 5) is 18.0. The SMILES string of the molecule is CC(C)(C)OC(=O)NC1CC(N2Cc3cn(S(C)(=O)=O)nc3C2)COC1c1cc(F)cnc1F. The molecule has 2 aromatic rings. The smallest absolute Gasteiger partial charge is 0.407 e. The van der Waals surface area contributed by atoms with Crippen LogP contribution in [0.15, 0.2) is 18.5 Å². The average Bonchev–Trinajstić information content (AvgIpc) is 3.28.